The average Bonchev–Trinajstić information content (AvgIpc) is 2.49. The lowest BCUT2D eigenvalue weighted by molar-refractivity contribution is 0.118. The van der Waals surface area contributed by atoms with E-state index in [0.29, 0.717) is 12.1 Å². The minimum atomic E-state index is 0.511. The predicted octanol–water partition coefficient (Wildman–Crippen LogP) is 3.43. The van der Waals surface area contributed by atoms with E-state index in [1.165, 1.54) is 11.1 Å². The lowest BCUT2D eigenvalue weighted by atomic mass is 10.1. The first-order chi connectivity index (χ1) is 10.1. The summed E-state index contributed by atoms with van der Waals surface area (Å²) in [5.41, 5.74) is 2.82. The molecule has 1 unspecified atom stereocenters. The molecule has 1 N–H and O–H groups in total. The van der Waals surface area contributed by atoms with Crippen LogP contribution in [0.4, 0.5) is 0 Å². The standard InChI is InChI=1S/C18H32N2O/c1-6-16(4)20(11-12-21-5)14-18-10-8-7-9-17(18)13-19-15(2)3/h7-10,15-16,19H,6,11-14H2,1-5H3. The second-order valence-electron chi connectivity index (χ2n) is 6.02. The summed E-state index contributed by atoms with van der Waals surface area (Å²) in [5, 5.41) is 3.52. The van der Waals surface area contributed by atoms with Crippen LogP contribution in [0.3, 0.4) is 0 Å². The fourth-order valence-electron chi connectivity index (χ4n) is 2.34. The van der Waals surface area contributed by atoms with Crippen molar-refractivity contribution in [2.24, 2.45) is 0 Å². The number of nitrogens with one attached hydrogen (secondary N) is 1. The molecule has 21 heavy (non-hydrogen) atoms. The zero-order chi connectivity index (χ0) is 15.7. The summed E-state index contributed by atoms with van der Waals surface area (Å²) in [6, 6.07) is 9.83. The van der Waals surface area contributed by atoms with Gasteiger partial charge in [-0.2, -0.15) is 0 Å². The maximum atomic E-state index is 5.26. The van der Waals surface area contributed by atoms with Gasteiger partial charge in [-0.25, -0.2) is 0 Å². The summed E-state index contributed by atoms with van der Waals surface area (Å²) in [7, 11) is 1.77. The summed E-state index contributed by atoms with van der Waals surface area (Å²) in [6.07, 6.45) is 1.16. The molecule has 0 aromatic heterocycles. The second-order valence-corrected chi connectivity index (χ2v) is 6.02. The molecule has 0 heterocycles. The molecule has 0 saturated heterocycles. The highest BCUT2D eigenvalue weighted by molar-refractivity contribution is 5.27. The first kappa shape index (κ1) is 18.1. The minimum absolute atomic E-state index is 0.511. The van der Waals surface area contributed by atoms with Crippen LogP contribution < -0.4 is 5.32 Å². The molecule has 0 aliphatic carbocycles. The van der Waals surface area contributed by atoms with E-state index in [1.54, 1.807) is 7.11 Å². The second kappa shape index (κ2) is 9.93. The number of ether oxygens (including phenoxy) is 1. The van der Waals surface area contributed by atoms with Gasteiger partial charge in [0.2, 0.25) is 0 Å². The molecule has 3 heteroatoms. The van der Waals surface area contributed by atoms with Crippen molar-refractivity contribution in [2.75, 3.05) is 20.3 Å². The molecule has 0 bridgehead atoms. The van der Waals surface area contributed by atoms with Gasteiger partial charge in [-0.15, -0.1) is 0 Å². The van der Waals surface area contributed by atoms with E-state index in [1.807, 2.05) is 0 Å². The van der Waals surface area contributed by atoms with Crippen molar-refractivity contribution in [3.05, 3.63) is 35.4 Å². The van der Waals surface area contributed by atoms with E-state index in [9.17, 15) is 0 Å². The Kier molecular flexibility index (Phi) is 8.58. The predicted molar refractivity (Wildman–Crippen MR) is 90.5 cm³/mol. The van der Waals surface area contributed by atoms with Crippen molar-refractivity contribution in [1.82, 2.24) is 10.2 Å². The Morgan fingerprint density at radius 1 is 1.14 bits per heavy atom. The molecule has 0 aliphatic rings. The molecule has 0 spiro atoms. The smallest absolute Gasteiger partial charge is 0.0589 e. The third-order valence-corrected chi connectivity index (χ3v) is 3.99. The van der Waals surface area contributed by atoms with E-state index < -0.39 is 0 Å². The SMILES string of the molecule is CCC(C)N(CCOC)Cc1ccccc1CNC(C)C. The molecular weight excluding hydrogens is 260 g/mol. The molecule has 0 aliphatic heterocycles. The fourth-order valence-corrected chi connectivity index (χ4v) is 2.34. The zero-order valence-corrected chi connectivity index (χ0v) is 14.4. The van der Waals surface area contributed by atoms with Crippen molar-refractivity contribution in [3.63, 3.8) is 0 Å². The van der Waals surface area contributed by atoms with Gasteiger partial charge in [0, 0.05) is 38.8 Å². The lowest BCUT2D eigenvalue weighted by Gasteiger charge is -2.29. The third kappa shape index (κ3) is 6.60. The Bertz CT molecular complexity index is 393. The van der Waals surface area contributed by atoms with Crippen molar-refractivity contribution in [1.29, 1.82) is 0 Å². The number of rotatable bonds is 10. The van der Waals surface area contributed by atoms with Crippen LogP contribution in [0.1, 0.15) is 45.2 Å². The molecular formula is C18H32N2O. The Morgan fingerprint density at radius 2 is 1.81 bits per heavy atom. The molecule has 1 aromatic rings. The van der Waals surface area contributed by atoms with Gasteiger partial charge in [0.05, 0.1) is 6.61 Å². The van der Waals surface area contributed by atoms with E-state index in [0.717, 1.165) is 32.7 Å². The Labute approximate surface area is 130 Å². The summed E-state index contributed by atoms with van der Waals surface area (Å²) < 4.78 is 5.26. The zero-order valence-electron chi connectivity index (χ0n) is 14.4. The maximum Gasteiger partial charge on any atom is 0.0589 e. The Morgan fingerprint density at radius 3 is 2.38 bits per heavy atom. The van der Waals surface area contributed by atoms with Crippen LogP contribution in [0.25, 0.3) is 0 Å². The van der Waals surface area contributed by atoms with Gasteiger partial charge in [-0.05, 0) is 24.5 Å². The van der Waals surface area contributed by atoms with E-state index >= 15 is 0 Å². The van der Waals surface area contributed by atoms with Crippen LogP contribution in [-0.4, -0.2) is 37.2 Å². The van der Waals surface area contributed by atoms with Gasteiger partial charge < -0.3 is 10.1 Å². The highest BCUT2D eigenvalue weighted by Gasteiger charge is 2.14. The van der Waals surface area contributed by atoms with Crippen molar-refractivity contribution < 1.29 is 4.74 Å². The molecule has 120 valence electrons. The lowest BCUT2D eigenvalue weighted by Crippen LogP contribution is -2.35. The maximum absolute atomic E-state index is 5.26. The summed E-state index contributed by atoms with van der Waals surface area (Å²) >= 11 is 0. The van der Waals surface area contributed by atoms with Gasteiger partial charge >= 0.3 is 0 Å². The van der Waals surface area contributed by atoms with E-state index in [-0.39, 0.29) is 0 Å². The Balaban J connectivity index is 2.77. The summed E-state index contributed by atoms with van der Waals surface area (Å²) in [6.45, 7) is 12.6. The minimum Gasteiger partial charge on any atom is -0.383 e. The number of methoxy groups -OCH3 is 1. The van der Waals surface area contributed by atoms with Crippen molar-refractivity contribution in [2.45, 2.75) is 59.3 Å². The Hall–Kier alpha value is -0.900. The van der Waals surface area contributed by atoms with Crippen molar-refractivity contribution in [3.8, 4) is 0 Å². The molecule has 0 radical (unpaired) electrons. The van der Waals surface area contributed by atoms with Crippen LogP contribution in [0.2, 0.25) is 0 Å². The van der Waals surface area contributed by atoms with Crippen LogP contribution in [0.15, 0.2) is 24.3 Å². The first-order valence-corrected chi connectivity index (χ1v) is 8.11. The summed E-state index contributed by atoms with van der Waals surface area (Å²) in [4.78, 5) is 2.51. The number of nitrogens with zero attached hydrogens (tertiary/aromatic N) is 1. The van der Waals surface area contributed by atoms with Crippen molar-refractivity contribution >= 4 is 0 Å². The normalized spacial score (nSPS) is 13.1. The molecule has 3 nitrogen and oxygen atoms in total. The first-order valence-electron chi connectivity index (χ1n) is 8.11. The highest BCUT2D eigenvalue weighted by atomic mass is 16.5. The van der Waals surface area contributed by atoms with Gasteiger partial charge in [0.1, 0.15) is 0 Å². The topological polar surface area (TPSA) is 24.5 Å². The number of hydrogen-bond acceptors (Lipinski definition) is 3. The van der Waals surface area contributed by atoms with Crippen LogP contribution in [0, 0.1) is 0 Å². The van der Waals surface area contributed by atoms with Gasteiger partial charge in [-0.3, -0.25) is 4.90 Å². The highest BCUT2D eigenvalue weighted by Crippen LogP contribution is 2.15. The average molecular weight is 292 g/mol. The van der Waals surface area contributed by atoms with Gasteiger partial charge in [-0.1, -0.05) is 45.0 Å². The van der Waals surface area contributed by atoms with Crippen LogP contribution in [0.5, 0.6) is 0 Å². The van der Waals surface area contributed by atoms with Crippen LogP contribution in [-0.2, 0) is 17.8 Å². The fraction of sp³-hybridized carbons (Fsp3) is 0.667. The number of hydrogen-bond donors (Lipinski definition) is 1. The largest absolute Gasteiger partial charge is 0.383 e. The number of benzene rings is 1. The monoisotopic (exact) mass is 292 g/mol. The van der Waals surface area contributed by atoms with E-state index in [2.05, 4.69) is 62.2 Å². The van der Waals surface area contributed by atoms with E-state index in [4.69, 9.17) is 4.74 Å². The molecule has 0 fully saturated rings. The van der Waals surface area contributed by atoms with Gasteiger partial charge in [0.25, 0.3) is 0 Å². The summed E-state index contributed by atoms with van der Waals surface area (Å²) in [5.74, 6) is 0. The van der Waals surface area contributed by atoms with Crippen LogP contribution >= 0.6 is 0 Å². The third-order valence-electron chi connectivity index (χ3n) is 3.99. The molecule has 0 amide bonds. The molecule has 0 saturated carbocycles. The van der Waals surface area contributed by atoms with Gasteiger partial charge in [0.15, 0.2) is 0 Å². The quantitative estimate of drug-likeness (QED) is 0.715. The molecule has 1 atom stereocenters. The molecule has 1 rings (SSSR count). The molecule has 1 aromatic carbocycles.